The molecule has 1 aliphatic heterocycles. The van der Waals surface area contributed by atoms with E-state index in [0.717, 1.165) is 72.0 Å². The van der Waals surface area contributed by atoms with Gasteiger partial charge in [-0.05, 0) is 109 Å². The predicted octanol–water partition coefficient (Wildman–Crippen LogP) is 5.85. The maximum atomic E-state index is 15.1. The fraction of sp³-hybridized carbons (Fsp3) is 0.516. The lowest BCUT2D eigenvalue weighted by atomic mass is 9.69. The monoisotopic (exact) mass is 483 g/mol. The summed E-state index contributed by atoms with van der Waals surface area (Å²) in [6.45, 7) is 4.07. The highest BCUT2D eigenvalue weighted by molar-refractivity contribution is 6.03. The van der Waals surface area contributed by atoms with Crippen LogP contribution in [0, 0.1) is 30.0 Å². The number of rotatable bonds is 0. The van der Waals surface area contributed by atoms with E-state index in [9.17, 15) is 9.59 Å². The molecule has 2 spiro atoms. The molecule has 0 N–H and O–H groups in total. The first kappa shape index (κ1) is 21.3. The highest BCUT2D eigenvalue weighted by atomic mass is 19.1. The van der Waals surface area contributed by atoms with Crippen LogP contribution in [-0.2, 0) is 32.6 Å². The quantitative estimate of drug-likeness (QED) is 0.441. The number of Topliss-reactive ketones (excluding diaryl/α,β-unsaturated/α-hetero) is 1. The Balaban J connectivity index is 1.43. The van der Waals surface area contributed by atoms with Crippen LogP contribution in [0.15, 0.2) is 23.3 Å². The van der Waals surface area contributed by atoms with Crippen LogP contribution in [0.5, 0.6) is 0 Å². The summed E-state index contributed by atoms with van der Waals surface area (Å²) in [5.74, 6) is 0.161. The van der Waals surface area contributed by atoms with Gasteiger partial charge in [-0.1, -0.05) is 13.0 Å². The third kappa shape index (κ3) is 2.52. The highest BCUT2D eigenvalue weighted by Crippen LogP contribution is 2.63. The van der Waals surface area contributed by atoms with Crippen molar-refractivity contribution in [2.24, 2.45) is 17.3 Å². The third-order valence-corrected chi connectivity index (χ3v) is 10.6. The fourth-order valence-electron chi connectivity index (χ4n) is 8.15. The van der Waals surface area contributed by atoms with Gasteiger partial charge in [0.25, 0.3) is 0 Å². The van der Waals surface area contributed by atoms with Gasteiger partial charge in [-0.2, -0.15) is 0 Å². The van der Waals surface area contributed by atoms with Crippen LogP contribution >= 0.6 is 0 Å². The summed E-state index contributed by atoms with van der Waals surface area (Å²) in [5, 5.41) is 1.21. The van der Waals surface area contributed by atoms with Gasteiger partial charge in [0.2, 0.25) is 0 Å². The molecule has 0 amide bonds. The van der Waals surface area contributed by atoms with E-state index >= 15 is 4.39 Å². The smallest absolute Gasteiger partial charge is 0.317 e. The molecule has 2 unspecified atom stereocenters. The van der Waals surface area contributed by atoms with E-state index in [1.807, 2.05) is 6.92 Å². The van der Waals surface area contributed by atoms with E-state index in [2.05, 4.69) is 13.0 Å². The molecule has 5 heteroatoms. The van der Waals surface area contributed by atoms with E-state index in [1.165, 1.54) is 29.4 Å². The first-order valence-electron chi connectivity index (χ1n) is 13.6. The average Bonchev–Trinajstić information content (AvgIpc) is 3.77. The standard InChI is InChI=1S/C31H30FNO3/c1-15-13-31(15)22-11-20-17(4-6-25(34)21(22)14-36-29(31)35)3-5-19-27-26-18(7-8-30(27)9-10-30)16(2)23(32)12-24(26)33-28(19)20/h11-12,15,17H,3-10,13-14H2,1-2H3/t15-,17?,31?/m1/s1. The molecule has 5 aliphatic carbocycles. The lowest BCUT2D eigenvalue weighted by molar-refractivity contribution is -0.149. The number of aryl methyl sites for hydroxylation is 1. The van der Waals surface area contributed by atoms with Crippen LogP contribution in [-0.4, -0.2) is 23.3 Å². The number of pyridine rings is 1. The van der Waals surface area contributed by atoms with Crippen molar-refractivity contribution in [1.82, 2.24) is 4.98 Å². The van der Waals surface area contributed by atoms with Crippen LogP contribution in [0.2, 0.25) is 0 Å². The maximum absolute atomic E-state index is 15.1. The Kier molecular flexibility index (Phi) is 3.98. The number of fused-ring (bicyclic) bond motifs is 6. The Bertz CT molecular complexity index is 1510. The van der Waals surface area contributed by atoms with Crippen LogP contribution < -0.4 is 0 Å². The fourth-order valence-corrected chi connectivity index (χ4v) is 8.15. The minimum atomic E-state index is -0.686. The zero-order valence-electron chi connectivity index (χ0n) is 20.9. The molecule has 184 valence electrons. The van der Waals surface area contributed by atoms with Gasteiger partial charge < -0.3 is 4.74 Å². The molecule has 2 saturated carbocycles. The summed E-state index contributed by atoms with van der Waals surface area (Å²) < 4.78 is 20.6. The molecule has 4 nitrogen and oxygen atoms in total. The molecule has 2 fully saturated rings. The molecule has 3 atom stereocenters. The summed E-state index contributed by atoms with van der Waals surface area (Å²) in [5.41, 5.74) is 8.75. The minimum Gasteiger partial charge on any atom is -0.460 e. The zero-order valence-corrected chi connectivity index (χ0v) is 20.9. The van der Waals surface area contributed by atoms with Gasteiger partial charge in [0.15, 0.2) is 5.78 Å². The van der Waals surface area contributed by atoms with Gasteiger partial charge >= 0.3 is 5.97 Å². The predicted molar refractivity (Wildman–Crippen MR) is 134 cm³/mol. The molecule has 0 saturated heterocycles. The Morgan fingerprint density at radius 3 is 2.61 bits per heavy atom. The lowest BCUT2D eigenvalue weighted by Gasteiger charge is -2.36. The van der Waals surface area contributed by atoms with Gasteiger partial charge in [0.1, 0.15) is 12.4 Å². The number of esters is 1. The first-order chi connectivity index (χ1) is 17.3. The molecular weight excluding hydrogens is 453 g/mol. The van der Waals surface area contributed by atoms with Crippen LogP contribution in [0.1, 0.15) is 79.8 Å². The molecule has 1 aromatic carbocycles. The summed E-state index contributed by atoms with van der Waals surface area (Å²) in [7, 11) is 0. The second kappa shape index (κ2) is 6.73. The van der Waals surface area contributed by atoms with E-state index < -0.39 is 5.41 Å². The summed E-state index contributed by atoms with van der Waals surface area (Å²) in [6.07, 6.45) is 10.5. The Hall–Kier alpha value is -2.82. The first-order valence-corrected chi connectivity index (χ1v) is 13.6. The topological polar surface area (TPSA) is 56.3 Å². The van der Waals surface area contributed by atoms with Gasteiger partial charge in [-0.15, -0.1) is 0 Å². The SMILES string of the molecule is Cc1c(F)cc2nc3c(c4c2c1CCC41CC1)CCC1CCC(=O)C2=C(C=C31)C1(C[C@H]1C)C(=O)OC2. The lowest BCUT2D eigenvalue weighted by Crippen LogP contribution is -2.34. The second-order valence-corrected chi connectivity index (χ2v) is 12.3. The number of allylic oxidation sites excluding steroid dienone is 2. The van der Waals surface area contributed by atoms with Gasteiger partial charge in [-0.25, -0.2) is 9.37 Å². The van der Waals surface area contributed by atoms with Gasteiger partial charge in [-0.3, -0.25) is 9.59 Å². The van der Waals surface area contributed by atoms with E-state index in [4.69, 9.17) is 9.72 Å². The van der Waals surface area contributed by atoms with E-state index in [1.54, 1.807) is 6.07 Å². The Morgan fingerprint density at radius 2 is 1.86 bits per heavy atom. The molecule has 36 heavy (non-hydrogen) atoms. The molecule has 2 aromatic rings. The Labute approximate surface area is 210 Å². The maximum Gasteiger partial charge on any atom is 0.317 e. The summed E-state index contributed by atoms with van der Waals surface area (Å²) >= 11 is 0. The number of ketones is 1. The number of ether oxygens (including phenoxy) is 1. The number of hydrogen-bond acceptors (Lipinski definition) is 4. The number of aromatic nitrogens is 1. The number of halogens is 1. The van der Waals surface area contributed by atoms with Crippen molar-refractivity contribution in [2.75, 3.05) is 6.61 Å². The number of cyclic esters (lactones) is 1. The van der Waals surface area contributed by atoms with Gasteiger partial charge in [0, 0.05) is 23.4 Å². The number of carbonyl (C=O) groups excluding carboxylic acids is 2. The van der Waals surface area contributed by atoms with E-state index in [-0.39, 0.29) is 41.4 Å². The van der Waals surface area contributed by atoms with Gasteiger partial charge in [0.05, 0.1) is 16.6 Å². The van der Waals surface area contributed by atoms with Crippen molar-refractivity contribution in [2.45, 2.75) is 77.0 Å². The highest BCUT2D eigenvalue weighted by Gasteiger charge is 2.63. The second-order valence-electron chi connectivity index (χ2n) is 12.3. The number of carbonyl (C=O) groups is 2. The Morgan fingerprint density at radius 1 is 1.08 bits per heavy atom. The van der Waals surface area contributed by atoms with Crippen molar-refractivity contribution in [3.05, 3.63) is 57.1 Å². The number of hydrogen-bond donors (Lipinski definition) is 0. The molecule has 0 bridgehead atoms. The van der Waals surface area contributed by atoms with Crippen molar-refractivity contribution in [3.8, 4) is 0 Å². The van der Waals surface area contributed by atoms with Crippen LogP contribution in [0.25, 0.3) is 16.5 Å². The molecular formula is C31H30FNO3. The molecule has 2 heterocycles. The minimum absolute atomic E-state index is 0.0795. The van der Waals surface area contributed by atoms with Crippen LogP contribution in [0.3, 0.4) is 0 Å². The third-order valence-electron chi connectivity index (χ3n) is 10.6. The summed E-state index contributed by atoms with van der Waals surface area (Å²) in [6, 6.07) is 1.64. The van der Waals surface area contributed by atoms with Crippen molar-refractivity contribution in [3.63, 3.8) is 0 Å². The van der Waals surface area contributed by atoms with Crippen molar-refractivity contribution >= 4 is 28.2 Å². The van der Waals surface area contributed by atoms with Crippen molar-refractivity contribution in [1.29, 1.82) is 0 Å². The molecule has 6 aliphatic rings. The molecule has 8 rings (SSSR count). The zero-order chi connectivity index (χ0) is 24.6. The van der Waals surface area contributed by atoms with Crippen LogP contribution in [0.4, 0.5) is 4.39 Å². The average molecular weight is 484 g/mol. The normalized spacial score (nSPS) is 31.4. The number of nitrogens with zero attached hydrogens (tertiary/aromatic N) is 1. The summed E-state index contributed by atoms with van der Waals surface area (Å²) in [4.78, 5) is 31.4. The van der Waals surface area contributed by atoms with E-state index in [0.29, 0.717) is 12.0 Å². The number of benzene rings is 1. The molecule has 0 radical (unpaired) electrons. The molecule has 1 aromatic heterocycles. The largest absolute Gasteiger partial charge is 0.460 e. The van der Waals surface area contributed by atoms with Crippen molar-refractivity contribution < 1.29 is 18.7 Å².